The first kappa shape index (κ1) is 13.2. The lowest BCUT2D eigenvalue weighted by atomic mass is 9.90. The predicted octanol–water partition coefficient (Wildman–Crippen LogP) is 1.86. The number of likely N-dealkylation sites (tertiary alicyclic amines) is 1. The molecule has 2 saturated heterocycles. The van der Waals surface area contributed by atoms with E-state index in [2.05, 4.69) is 18.7 Å². The summed E-state index contributed by atoms with van der Waals surface area (Å²) >= 11 is 1.84. The second kappa shape index (κ2) is 5.19. The Morgan fingerprint density at radius 1 is 1.47 bits per heavy atom. The van der Waals surface area contributed by atoms with Crippen LogP contribution in [0.2, 0.25) is 0 Å². The summed E-state index contributed by atoms with van der Waals surface area (Å²) in [5, 5.41) is 0. The van der Waals surface area contributed by atoms with Crippen LogP contribution in [0.5, 0.6) is 0 Å². The molecule has 2 atom stereocenters. The van der Waals surface area contributed by atoms with Crippen LogP contribution in [0.4, 0.5) is 0 Å². The normalized spacial score (nSPS) is 32.8. The van der Waals surface area contributed by atoms with Crippen molar-refractivity contribution in [1.82, 2.24) is 4.90 Å². The highest BCUT2D eigenvalue weighted by atomic mass is 32.2. The van der Waals surface area contributed by atoms with Gasteiger partial charge in [0.2, 0.25) is 5.91 Å². The first-order valence-corrected chi connectivity index (χ1v) is 7.70. The van der Waals surface area contributed by atoms with Crippen molar-refractivity contribution in [2.24, 2.45) is 11.7 Å². The zero-order chi connectivity index (χ0) is 12.5. The van der Waals surface area contributed by atoms with Crippen molar-refractivity contribution in [2.75, 3.05) is 18.8 Å². The molecule has 0 radical (unpaired) electrons. The lowest BCUT2D eigenvalue weighted by molar-refractivity contribution is -0.134. The smallest absolute Gasteiger partial charge is 0.238 e. The average Bonchev–Trinajstić information content (AvgIpc) is 2.76. The van der Waals surface area contributed by atoms with E-state index in [1.54, 1.807) is 0 Å². The molecule has 0 saturated carbocycles. The van der Waals surface area contributed by atoms with Gasteiger partial charge in [-0.05, 0) is 51.2 Å². The van der Waals surface area contributed by atoms with Gasteiger partial charge in [0.25, 0.3) is 0 Å². The largest absolute Gasteiger partial charge is 0.341 e. The monoisotopic (exact) mass is 256 g/mol. The number of hydrogen-bond donors (Lipinski definition) is 1. The topological polar surface area (TPSA) is 46.3 Å². The molecule has 0 spiro atoms. The number of rotatable bonds is 2. The first-order valence-electron chi connectivity index (χ1n) is 6.72. The van der Waals surface area contributed by atoms with Gasteiger partial charge in [-0.25, -0.2) is 0 Å². The molecule has 0 aromatic heterocycles. The number of hydrogen-bond acceptors (Lipinski definition) is 3. The lowest BCUT2D eigenvalue weighted by Crippen LogP contribution is -2.49. The fourth-order valence-electron chi connectivity index (χ4n) is 2.91. The Morgan fingerprint density at radius 2 is 2.12 bits per heavy atom. The Morgan fingerprint density at radius 3 is 2.59 bits per heavy atom. The summed E-state index contributed by atoms with van der Waals surface area (Å²) in [6.45, 7) is 6.00. The van der Waals surface area contributed by atoms with Gasteiger partial charge in [-0.1, -0.05) is 0 Å². The molecule has 0 bridgehead atoms. The Kier molecular flexibility index (Phi) is 4.03. The number of amides is 1. The minimum atomic E-state index is -0.138. The van der Waals surface area contributed by atoms with E-state index < -0.39 is 0 Å². The van der Waals surface area contributed by atoms with Crippen LogP contribution >= 0.6 is 11.8 Å². The molecule has 2 heterocycles. The Labute approximate surface area is 108 Å². The van der Waals surface area contributed by atoms with E-state index >= 15 is 0 Å². The number of thioether (sulfide) groups is 1. The molecule has 17 heavy (non-hydrogen) atoms. The molecule has 2 unspecified atom stereocenters. The summed E-state index contributed by atoms with van der Waals surface area (Å²) in [7, 11) is 0. The van der Waals surface area contributed by atoms with Crippen LogP contribution in [0.15, 0.2) is 0 Å². The summed E-state index contributed by atoms with van der Waals surface area (Å²) < 4.78 is -0.138. The van der Waals surface area contributed by atoms with Crippen molar-refractivity contribution in [3.8, 4) is 0 Å². The molecule has 2 N–H and O–H groups in total. The van der Waals surface area contributed by atoms with E-state index in [1.807, 2.05) is 11.8 Å². The van der Waals surface area contributed by atoms with Gasteiger partial charge in [0.05, 0.1) is 4.75 Å². The van der Waals surface area contributed by atoms with E-state index in [4.69, 9.17) is 5.73 Å². The van der Waals surface area contributed by atoms with Crippen molar-refractivity contribution in [2.45, 2.75) is 50.3 Å². The minimum absolute atomic E-state index is 0.138. The van der Waals surface area contributed by atoms with Gasteiger partial charge in [0, 0.05) is 19.1 Å². The van der Waals surface area contributed by atoms with E-state index in [1.165, 1.54) is 6.42 Å². The Balaban J connectivity index is 1.90. The summed E-state index contributed by atoms with van der Waals surface area (Å²) in [6.07, 6.45) is 4.38. The second-order valence-electron chi connectivity index (χ2n) is 5.67. The van der Waals surface area contributed by atoms with Crippen LogP contribution in [0, 0.1) is 5.92 Å². The predicted molar refractivity (Wildman–Crippen MR) is 73.1 cm³/mol. The molecule has 2 aliphatic rings. The van der Waals surface area contributed by atoms with E-state index in [0.717, 1.165) is 38.1 Å². The number of nitrogens with zero attached hydrogens (tertiary/aromatic N) is 1. The molecule has 4 heteroatoms. The third kappa shape index (κ3) is 2.79. The summed E-state index contributed by atoms with van der Waals surface area (Å²) in [5.74, 6) is 2.10. The van der Waals surface area contributed by atoms with E-state index in [9.17, 15) is 4.79 Å². The van der Waals surface area contributed by atoms with Gasteiger partial charge >= 0.3 is 0 Å². The van der Waals surface area contributed by atoms with Crippen LogP contribution in [0.1, 0.15) is 39.5 Å². The molecular formula is C13H24N2OS. The van der Waals surface area contributed by atoms with Gasteiger partial charge < -0.3 is 10.6 Å². The summed E-state index contributed by atoms with van der Waals surface area (Å²) in [6, 6.07) is 0.267. The van der Waals surface area contributed by atoms with Crippen molar-refractivity contribution in [3.05, 3.63) is 0 Å². The average molecular weight is 256 g/mol. The summed E-state index contributed by atoms with van der Waals surface area (Å²) in [5.41, 5.74) is 5.93. The van der Waals surface area contributed by atoms with Crippen LogP contribution in [0.3, 0.4) is 0 Å². The number of nitrogens with two attached hydrogens (primary N) is 1. The maximum Gasteiger partial charge on any atom is 0.238 e. The zero-order valence-corrected chi connectivity index (χ0v) is 11.8. The van der Waals surface area contributed by atoms with E-state index in [-0.39, 0.29) is 10.8 Å². The SMILES string of the molecule is CC(N)C1CCN(C(=O)C2(C)CCCS2)CC1. The number of carbonyl (C=O) groups is 1. The van der Waals surface area contributed by atoms with Gasteiger partial charge in [-0.15, -0.1) is 11.8 Å². The fourth-order valence-corrected chi connectivity index (χ4v) is 4.19. The molecule has 2 rings (SSSR count). The number of carbonyl (C=O) groups excluding carboxylic acids is 1. The van der Waals surface area contributed by atoms with Crippen LogP contribution < -0.4 is 5.73 Å². The minimum Gasteiger partial charge on any atom is -0.341 e. The highest BCUT2D eigenvalue weighted by molar-refractivity contribution is 8.01. The number of piperidine rings is 1. The second-order valence-corrected chi connectivity index (χ2v) is 7.27. The van der Waals surface area contributed by atoms with Crippen molar-refractivity contribution in [3.63, 3.8) is 0 Å². The molecule has 0 aromatic rings. The molecule has 1 amide bonds. The Hall–Kier alpha value is -0.220. The summed E-state index contributed by atoms with van der Waals surface area (Å²) in [4.78, 5) is 14.5. The van der Waals surface area contributed by atoms with Gasteiger partial charge in [0.1, 0.15) is 0 Å². The van der Waals surface area contributed by atoms with Crippen LogP contribution in [-0.2, 0) is 4.79 Å². The zero-order valence-electron chi connectivity index (χ0n) is 10.9. The van der Waals surface area contributed by atoms with Gasteiger partial charge in [0.15, 0.2) is 0 Å². The first-order chi connectivity index (χ1) is 8.03. The van der Waals surface area contributed by atoms with Crippen LogP contribution in [0.25, 0.3) is 0 Å². The molecular weight excluding hydrogens is 232 g/mol. The van der Waals surface area contributed by atoms with Crippen molar-refractivity contribution < 1.29 is 4.79 Å². The molecule has 3 nitrogen and oxygen atoms in total. The van der Waals surface area contributed by atoms with Crippen molar-refractivity contribution >= 4 is 17.7 Å². The molecule has 2 aliphatic heterocycles. The third-order valence-electron chi connectivity index (χ3n) is 4.24. The highest BCUT2D eigenvalue weighted by Gasteiger charge is 2.40. The Bertz CT molecular complexity index is 279. The molecule has 0 aromatic carbocycles. The molecule has 0 aliphatic carbocycles. The van der Waals surface area contributed by atoms with Crippen molar-refractivity contribution in [1.29, 1.82) is 0 Å². The van der Waals surface area contributed by atoms with E-state index in [0.29, 0.717) is 11.8 Å². The molecule has 2 fully saturated rings. The quantitative estimate of drug-likeness (QED) is 0.820. The maximum atomic E-state index is 12.5. The van der Waals surface area contributed by atoms with Crippen LogP contribution in [-0.4, -0.2) is 40.4 Å². The van der Waals surface area contributed by atoms with Gasteiger partial charge in [-0.2, -0.15) is 0 Å². The van der Waals surface area contributed by atoms with Gasteiger partial charge in [-0.3, -0.25) is 4.79 Å². The standard InChI is InChI=1S/C13H24N2OS/c1-10(14)11-4-7-15(8-5-11)12(16)13(2)6-3-9-17-13/h10-11H,3-9,14H2,1-2H3. The lowest BCUT2D eigenvalue weighted by Gasteiger charge is -2.37. The maximum absolute atomic E-state index is 12.5. The third-order valence-corrected chi connectivity index (χ3v) is 5.75. The highest BCUT2D eigenvalue weighted by Crippen LogP contribution is 2.39. The fraction of sp³-hybridized carbons (Fsp3) is 0.923. The molecule has 98 valence electrons.